The Labute approximate surface area is 131 Å². The maximum absolute atomic E-state index is 11.4. The van der Waals surface area contributed by atoms with Gasteiger partial charge >= 0.3 is 5.97 Å². The predicted molar refractivity (Wildman–Crippen MR) is 89.0 cm³/mol. The summed E-state index contributed by atoms with van der Waals surface area (Å²) in [6, 6.07) is 14.5. The van der Waals surface area contributed by atoms with Crippen molar-refractivity contribution in [2.24, 2.45) is 0 Å². The summed E-state index contributed by atoms with van der Waals surface area (Å²) in [4.78, 5) is 11.4. The molecule has 0 aliphatic heterocycles. The van der Waals surface area contributed by atoms with Crippen molar-refractivity contribution in [1.29, 1.82) is 0 Å². The minimum atomic E-state index is -0.279. The van der Waals surface area contributed by atoms with E-state index in [1.54, 1.807) is 0 Å². The molecule has 112 valence electrons. The van der Waals surface area contributed by atoms with E-state index >= 15 is 0 Å². The molecule has 0 heterocycles. The minimum Gasteiger partial charge on any atom is -0.426 e. The number of hydrogen-bond acceptors (Lipinski definition) is 2. The fraction of sp³-hybridized carbons (Fsp3) is 0.250. The first-order valence-corrected chi connectivity index (χ1v) is 7.68. The zero-order chi connectivity index (χ0) is 15.7. The van der Waals surface area contributed by atoms with Crippen LogP contribution in [0.5, 0.6) is 5.75 Å². The van der Waals surface area contributed by atoms with Gasteiger partial charge in [-0.05, 0) is 30.5 Å². The van der Waals surface area contributed by atoms with Gasteiger partial charge in [0, 0.05) is 18.4 Å². The van der Waals surface area contributed by atoms with Crippen LogP contribution in [0.3, 0.4) is 0 Å². The van der Waals surface area contributed by atoms with E-state index in [1.165, 1.54) is 29.2 Å². The van der Waals surface area contributed by atoms with E-state index < -0.39 is 0 Å². The highest BCUT2D eigenvalue weighted by Crippen LogP contribution is 2.45. The molecule has 22 heavy (non-hydrogen) atoms. The molecule has 0 saturated heterocycles. The van der Waals surface area contributed by atoms with Crippen LogP contribution >= 0.6 is 0 Å². The molecule has 0 saturated carbocycles. The van der Waals surface area contributed by atoms with Crippen LogP contribution in [0.2, 0.25) is 0 Å². The normalized spacial score (nSPS) is 16.1. The molecule has 0 N–H and O–H groups in total. The minimum absolute atomic E-state index is 0.176. The third-order valence-electron chi connectivity index (χ3n) is 4.16. The average molecular weight is 292 g/mol. The number of aryl methyl sites for hydroxylation is 1. The van der Waals surface area contributed by atoms with Crippen LogP contribution in [0.4, 0.5) is 0 Å². The van der Waals surface area contributed by atoms with Gasteiger partial charge in [0.05, 0.1) is 0 Å². The number of rotatable bonds is 3. The van der Waals surface area contributed by atoms with Crippen LogP contribution in [0.15, 0.2) is 48.0 Å². The molecule has 1 aliphatic carbocycles. The van der Waals surface area contributed by atoms with Crippen molar-refractivity contribution in [3.8, 4) is 5.75 Å². The van der Waals surface area contributed by atoms with Gasteiger partial charge < -0.3 is 4.74 Å². The summed E-state index contributed by atoms with van der Waals surface area (Å²) in [5, 5.41) is 0. The molecule has 2 aromatic rings. The molecule has 0 spiro atoms. The molecular formula is C20H20O2. The lowest BCUT2D eigenvalue weighted by Crippen LogP contribution is -2.08. The summed E-state index contributed by atoms with van der Waals surface area (Å²) in [6.07, 6.45) is 3.24. The average Bonchev–Trinajstić information content (AvgIpc) is 2.87. The Morgan fingerprint density at radius 2 is 1.91 bits per heavy atom. The third kappa shape index (κ3) is 2.57. The van der Waals surface area contributed by atoms with Crippen LogP contribution in [-0.2, 0) is 4.79 Å². The second kappa shape index (κ2) is 5.80. The monoisotopic (exact) mass is 292 g/mol. The highest BCUT2D eigenvalue weighted by atomic mass is 16.5. The van der Waals surface area contributed by atoms with E-state index in [0.29, 0.717) is 5.75 Å². The Hall–Kier alpha value is -2.35. The molecule has 0 aromatic heterocycles. The number of ether oxygens (including phenoxy) is 1. The number of fused-ring (bicyclic) bond motifs is 1. The zero-order valence-electron chi connectivity index (χ0n) is 13.2. The lowest BCUT2D eigenvalue weighted by Gasteiger charge is -2.20. The molecular weight excluding hydrogens is 272 g/mol. The Balaban J connectivity index is 2.16. The first kappa shape index (κ1) is 14.6. The predicted octanol–water partition coefficient (Wildman–Crippen LogP) is 4.86. The second-order valence-electron chi connectivity index (χ2n) is 5.77. The van der Waals surface area contributed by atoms with Crippen LogP contribution in [0, 0.1) is 6.92 Å². The summed E-state index contributed by atoms with van der Waals surface area (Å²) in [6.45, 7) is 5.69. The topological polar surface area (TPSA) is 26.3 Å². The van der Waals surface area contributed by atoms with Crippen LogP contribution < -0.4 is 4.74 Å². The SMILES string of the molecule is CCC1=Cc2ccccc2C1c1cc(C)ccc1OC(C)=O. The van der Waals surface area contributed by atoms with Crippen molar-refractivity contribution < 1.29 is 9.53 Å². The number of allylic oxidation sites excluding steroid dienone is 1. The van der Waals surface area contributed by atoms with Crippen molar-refractivity contribution in [2.75, 3.05) is 0 Å². The molecule has 2 nitrogen and oxygen atoms in total. The van der Waals surface area contributed by atoms with Crippen molar-refractivity contribution in [1.82, 2.24) is 0 Å². The molecule has 0 fully saturated rings. The maximum atomic E-state index is 11.4. The quantitative estimate of drug-likeness (QED) is 0.596. The summed E-state index contributed by atoms with van der Waals surface area (Å²) in [5.74, 6) is 0.563. The van der Waals surface area contributed by atoms with Gasteiger partial charge in [-0.2, -0.15) is 0 Å². The Kier molecular flexibility index (Phi) is 3.84. The van der Waals surface area contributed by atoms with Crippen molar-refractivity contribution in [3.05, 3.63) is 70.3 Å². The van der Waals surface area contributed by atoms with E-state index in [-0.39, 0.29) is 11.9 Å². The number of carbonyl (C=O) groups excluding carboxylic acids is 1. The van der Waals surface area contributed by atoms with Crippen molar-refractivity contribution in [2.45, 2.75) is 33.1 Å². The lowest BCUT2D eigenvalue weighted by molar-refractivity contribution is -0.131. The molecule has 1 aliphatic rings. The molecule has 1 atom stereocenters. The number of benzene rings is 2. The van der Waals surface area contributed by atoms with Crippen molar-refractivity contribution >= 4 is 12.0 Å². The zero-order valence-corrected chi connectivity index (χ0v) is 13.2. The first-order chi connectivity index (χ1) is 10.6. The fourth-order valence-corrected chi connectivity index (χ4v) is 3.20. The van der Waals surface area contributed by atoms with E-state index in [1.807, 2.05) is 12.1 Å². The van der Waals surface area contributed by atoms with E-state index in [0.717, 1.165) is 12.0 Å². The van der Waals surface area contributed by atoms with Crippen LogP contribution in [0.1, 0.15) is 48.4 Å². The molecule has 2 aromatic carbocycles. The van der Waals surface area contributed by atoms with Crippen LogP contribution in [0.25, 0.3) is 6.08 Å². The largest absolute Gasteiger partial charge is 0.426 e. The molecule has 0 amide bonds. The van der Waals surface area contributed by atoms with Gasteiger partial charge in [-0.25, -0.2) is 0 Å². The van der Waals surface area contributed by atoms with Gasteiger partial charge in [0.25, 0.3) is 0 Å². The van der Waals surface area contributed by atoms with Gasteiger partial charge in [0.15, 0.2) is 0 Å². The Morgan fingerprint density at radius 1 is 1.14 bits per heavy atom. The van der Waals surface area contributed by atoms with Gasteiger partial charge in [-0.1, -0.05) is 60.5 Å². The van der Waals surface area contributed by atoms with E-state index in [9.17, 15) is 4.79 Å². The van der Waals surface area contributed by atoms with Crippen molar-refractivity contribution in [3.63, 3.8) is 0 Å². The first-order valence-electron chi connectivity index (χ1n) is 7.68. The fourth-order valence-electron chi connectivity index (χ4n) is 3.20. The number of hydrogen-bond donors (Lipinski definition) is 0. The highest BCUT2D eigenvalue weighted by Gasteiger charge is 2.28. The van der Waals surface area contributed by atoms with Gasteiger partial charge in [-0.15, -0.1) is 0 Å². The molecule has 0 radical (unpaired) electrons. The standard InChI is InChI=1S/C20H20O2/c1-4-15-12-16-7-5-6-8-17(16)20(15)18-11-13(2)9-10-19(18)22-14(3)21/h5-12,20H,4H2,1-3H3. The smallest absolute Gasteiger partial charge is 0.308 e. The molecule has 3 rings (SSSR count). The summed E-state index contributed by atoms with van der Waals surface area (Å²) >= 11 is 0. The van der Waals surface area contributed by atoms with E-state index in [2.05, 4.69) is 50.3 Å². The number of esters is 1. The number of carbonyl (C=O) groups is 1. The highest BCUT2D eigenvalue weighted by molar-refractivity contribution is 5.73. The summed E-state index contributed by atoms with van der Waals surface area (Å²) in [7, 11) is 0. The molecule has 1 unspecified atom stereocenters. The lowest BCUT2D eigenvalue weighted by atomic mass is 9.86. The van der Waals surface area contributed by atoms with Gasteiger partial charge in [0.1, 0.15) is 5.75 Å². The van der Waals surface area contributed by atoms with Crippen LogP contribution in [-0.4, -0.2) is 5.97 Å². The van der Waals surface area contributed by atoms with E-state index in [4.69, 9.17) is 4.74 Å². The maximum Gasteiger partial charge on any atom is 0.308 e. The summed E-state index contributed by atoms with van der Waals surface area (Å²) in [5.41, 5.74) is 6.16. The molecule has 0 bridgehead atoms. The second-order valence-corrected chi connectivity index (χ2v) is 5.77. The Bertz CT molecular complexity index is 756. The summed E-state index contributed by atoms with van der Waals surface area (Å²) < 4.78 is 5.45. The Morgan fingerprint density at radius 3 is 2.64 bits per heavy atom. The van der Waals surface area contributed by atoms with Gasteiger partial charge in [0.2, 0.25) is 0 Å². The third-order valence-corrected chi connectivity index (χ3v) is 4.16. The molecule has 2 heteroatoms. The van der Waals surface area contributed by atoms with Gasteiger partial charge in [-0.3, -0.25) is 4.79 Å².